The van der Waals surface area contributed by atoms with Gasteiger partial charge in [0.05, 0.1) is 18.7 Å². The van der Waals surface area contributed by atoms with Gasteiger partial charge in [0.15, 0.2) is 0 Å². The van der Waals surface area contributed by atoms with E-state index in [4.69, 9.17) is 10.2 Å². The van der Waals surface area contributed by atoms with Crippen LogP contribution in [0.15, 0.2) is 60.8 Å². The van der Waals surface area contributed by atoms with E-state index in [1.54, 1.807) is 0 Å². The summed E-state index contributed by atoms with van der Waals surface area (Å²) in [7, 11) is 0. The predicted octanol–water partition coefficient (Wildman–Crippen LogP) is 2.66. The number of aryl methyl sites for hydroxylation is 1. The van der Waals surface area contributed by atoms with Crippen molar-refractivity contribution >= 4 is 5.91 Å². The highest BCUT2D eigenvalue weighted by atomic mass is 16.3. The largest absolute Gasteiger partial charge is 0.395 e. The van der Waals surface area contributed by atoms with Crippen LogP contribution in [0.2, 0.25) is 0 Å². The van der Waals surface area contributed by atoms with Gasteiger partial charge in [0.2, 0.25) is 0 Å². The Morgan fingerprint density at radius 2 is 1.70 bits per heavy atom. The van der Waals surface area contributed by atoms with Gasteiger partial charge in [-0.1, -0.05) is 60.2 Å². The number of aliphatic hydroxyl groups is 1. The molecule has 1 aromatic heterocycles. The topological polar surface area (TPSA) is 61.6 Å². The minimum absolute atomic E-state index is 0.0218. The Bertz CT molecular complexity index is 974. The van der Waals surface area contributed by atoms with E-state index in [1.807, 2.05) is 58.2 Å². The average molecular weight is 405 g/mol. The third kappa shape index (κ3) is 4.61. The number of benzene rings is 2. The number of aliphatic hydroxyl groups excluding tert-OH is 1. The Labute approximate surface area is 177 Å². The molecule has 6 heteroatoms. The minimum Gasteiger partial charge on any atom is -0.395 e. The van der Waals surface area contributed by atoms with Crippen molar-refractivity contribution in [2.24, 2.45) is 0 Å². The van der Waals surface area contributed by atoms with E-state index in [0.717, 1.165) is 29.9 Å². The summed E-state index contributed by atoms with van der Waals surface area (Å²) in [6.07, 6.45) is 1.88. The molecule has 4 rings (SSSR count). The highest BCUT2D eigenvalue weighted by Gasteiger charge is 2.26. The van der Waals surface area contributed by atoms with E-state index in [2.05, 4.69) is 24.0 Å². The van der Waals surface area contributed by atoms with Crippen molar-refractivity contribution < 1.29 is 9.90 Å². The van der Waals surface area contributed by atoms with Gasteiger partial charge in [-0.3, -0.25) is 14.4 Å². The molecule has 1 amide bonds. The summed E-state index contributed by atoms with van der Waals surface area (Å²) in [5.74, 6) is 0.0218. The molecule has 1 N–H and O–H groups in total. The Kier molecular flexibility index (Phi) is 6.26. The number of piperazine rings is 1. The number of hydrogen-bond donors (Lipinski definition) is 1. The highest BCUT2D eigenvalue weighted by molar-refractivity contribution is 5.99. The van der Waals surface area contributed by atoms with Crippen LogP contribution in [0.4, 0.5) is 0 Å². The molecule has 1 aliphatic rings. The van der Waals surface area contributed by atoms with E-state index in [0.29, 0.717) is 31.7 Å². The molecule has 30 heavy (non-hydrogen) atoms. The maximum atomic E-state index is 13.4. The molecule has 3 aromatic rings. The van der Waals surface area contributed by atoms with Crippen molar-refractivity contribution in [2.45, 2.75) is 13.5 Å². The zero-order chi connectivity index (χ0) is 20.9. The summed E-state index contributed by atoms with van der Waals surface area (Å²) in [5, 5.41) is 13.9. The Balaban J connectivity index is 1.61. The van der Waals surface area contributed by atoms with Crippen molar-refractivity contribution in [1.29, 1.82) is 0 Å². The summed E-state index contributed by atoms with van der Waals surface area (Å²) >= 11 is 0. The number of amides is 1. The zero-order valence-electron chi connectivity index (χ0n) is 17.4. The summed E-state index contributed by atoms with van der Waals surface area (Å²) in [6, 6.07) is 18.3. The van der Waals surface area contributed by atoms with Gasteiger partial charge in [-0.2, -0.15) is 5.10 Å². The quantitative estimate of drug-likeness (QED) is 0.686. The third-order valence-electron chi connectivity index (χ3n) is 5.58. The molecule has 1 saturated heterocycles. The van der Waals surface area contributed by atoms with Crippen molar-refractivity contribution in [2.75, 3.05) is 39.3 Å². The molecule has 2 heterocycles. The lowest BCUT2D eigenvalue weighted by Gasteiger charge is -2.34. The van der Waals surface area contributed by atoms with Crippen LogP contribution in [0.25, 0.3) is 11.3 Å². The predicted molar refractivity (Wildman–Crippen MR) is 117 cm³/mol. The normalized spacial score (nSPS) is 14.8. The molecular formula is C24H28N4O2. The molecule has 0 aliphatic carbocycles. The van der Waals surface area contributed by atoms with Crippen LogP contribution in [-0.4, -0.2) is 69.9 Å². The maximum absolute atomic E-state index is 13.4. The molecule has 0 unspecified atom stereocenters. The average Bonchev–Trinajstić information content (AvgIpc) is 3.19. The zero-order valence-corrected chi connectivity index (χ0v) is 17.4. The second-order valence-corrected chi connectivity index (χ2v) is 7.80. The second-order valence-electron chi connectivity index (χ2n) is 7.80. The van der Waals surface area contributed by atoms with Crippen LogP contribution in [0.5, 0.6) is 0 Å². The Hall–Kier alpha value is -2.96. The molecule has 1 fully saturated rings. The van der Waals surface area contributed by atoms with Gasteiger partial charge in [0.25, 0.3) is 5.91 Å². The number of aromatic nitrogens is 2. The van der Waals surface area contributed by atoms with Crippen molar-refractivity contribution in [1.82, 2.24) is 19.6 Å². The molecule has 0 radical (unpaired) electrons. The van der Waals surface area contributed by atoms with Gasteiger partial charge in [0.1, 0.15) is 5.69 Å². The first-order chi connectivity index (χ1) is 14.6. The van der Waals surface area contributed by atoms with E-state index < -0.39 is 0 Å². The number of carbonyl (C=O) groups excluding carboxylic acids is 1. The van der Waals surface area contributed by atoms with E-state index in [-0.39, 0.29) is 12.5 Å². The van der Waals surface area contributed by atoms with Crippen LogP contribution in [0, 0.1) is 6.92 Å². The summed E-state index contributed by atoms with van der Waals surface area (Å²) in [6.45, 7) is 6.37. The smallest absolute Gasteiger partial charge is 0.257 e. The van der Waals surface area contributed by atoms with Gasteiger partial charge in [-0.15, -0.1) is 0 Å². The van der Waals surface area contributed by atoms with Crippen LogP contribution >= 0.6 is 0 Å². The van der Waals surface area contributed by atoms with E-state index in [1.165, 1.54) is 5.56 Å². The minimum atomic E-state index is 0.0218. The summed E-state index contributed by atoms with van der Waals surface area (Å²) in [5.41, 5.74) is 4.65. The number of nitrogens with zero attached hydrogens (tertiary/aromatic N) is 4. The first-order valence-corrected chi connectivity index (χ1v) is 10.4. The lowest BCUT2D eigenvalue weighted by molar-refractivity contribution is 0.0615. The maximum Gasteiger partial charge on any atom is 0.257 e. The Morgan fingerprint density at radius 1 is 1.00 bits per heavy atom. The number of carbonyl (C=O) groups is 1. The van der Waals surface area contributed by atoms with Gasteiger partial charge in [-0.25, -0.2) is 0 Å². The fourth-order valence-electron chi connectivity index (χ4n) is 3.84. The molecule has 0 atom stereocenters. The number of hydrogen-bond acceptors (Lipinski definition) is 4. The molecule has 0 bridgehead atoms. The van der Waals surface area contributed by atoms with Gasteiger partial charge < -0.3 is 10.0 Å². The SMILES string of the molecule is Cc1ccc(-c2nn(Cc3ccccc3)cc2C(=O)N2CCN(CCO)CC2)cc1. The molecular weight excluding hydrogens is 376 g/mol. The molecule has 2 aromatic carbocycles. The molecule has 0 saturated carbocycles. The van der Waals surface area contributed by atoms with E-state index in [9.17, 15) is 4.79 Å². The van der Waals surface area contributed by atoms with Crippen molar-refractivity contribution in [3.63, 3.8) is 0 Å². The fraction of sp³-hybridized carbons (Fsp3) is 0.333. The summed E-state index contributed by atoms with van der Waals surface area (Å²) < 4.78 is 1.86. The van der Waals surface area contributed by atoms with E-state index >= 15 is 0 Å². The van der Waals surface area contributed by atoms with Crippen LogP contribution in [-0.2, 0) is 6.54 Å². The van der Waals surface area contributed by atoms with Crippen LogP contribution in [0.1, 0.15) is 21.5 Å². The summed E-state index contributed by atoms with van der Waals surface area (Å²) in [4.78, 5) is 17.5. The first kappa shape index (κ1) is 20.3. The van der Waals surface area contributed by atoms with Gasteiger partial charge >= 0.3 is 0 Å². The molecule has 1 aliphatic heterocycles. The standard InChI is InChI=1S/C24H28N4O2/c1-19-7-9-21(10-8-19)23-22(18-28(25-23)17-20-5-3-2-4-6-20)24(30)27-13-11-26(12-14-27)15-16-29/h2-10,18,29H,11-17H2,1H3. The lowest BCUT2D eigenvalue weighted by atomic mass is 10.1. The monoisotopic (exact) mass is 404 g/mol. The van der Waals surface area contributed by atoms with Crippen molar-refractivity contribution in [3.05, 3.63) is 77.5 Å². The van der Waals surface area contributed by atoms with Gasteiger partial charge in [0, 0.05) is 44.5 Å². The third-order valence-corrected chi connectivity index (χ3v) is 5.58. The number of β-amino-alcohol motifs (C(OH)–C–C–N with tert-alkyl or cyclic N) is 1. The molecule has 156 valence electrons. The highest BCUT2D eigenvalue weighted by Crippen LogP contribution is 2.25. The second kappa shape index (κ2) is 9.24. The van der Waals surface area contributed by atoms with Crippen molar-refractivity contribution in [3.8, 4) is 11.3 Å². The number of rotatable bonds is 6. The van der Waals surface area contributed by atoms with Gasteiger partial charge in [-0.05, 0) is 12.5 Å². The molecule has 6 nitrogen and oxygen atoms in total. The van der Waals surface area contributed by atoms with Crippen LogP contribution in [0.3, 0.4) is 0 Å². The first-order valence-electron chi connectivity index (χ1n) is 10.4. The fourth-order valence-corrected chi connectivity index (χ4v) is 3.84. The van der Waals surface area contributed by atoms with Crippen LogP contribution < -0.4 is 0 Å². The lowest BCUT2D eigenvalue weighted by Crippen LogP contribution is -2.49. The molecule has 0 spiro atoms. The Morgan fingerprint density at radius 3 is 2.37 bits per heavy atom.